The number of hydrogen-bond acceptors (Lipinski definition) is 5. The minimum atomic E-state index is -0.466. The molecule has 1 aliphatic carbocycles. The number of hydrogen-bond donors (Lipinski definition) is 0. The monoisotopic (exact) mass is 561 g/mol. The predicted octanol–water partition coefficient (Wildman–Crippen LogP) is 6.50. The Morgan fingerprint density at radius 1 is 0.902 bits per heavy atom. The van der Waals surface area contributed by atoms with Gasteiger partial charge in [0.25, 0.3) is 5.91 Å². The third-order valence-corrected chi connectivity index (χ3v) is 9.31. The van der Waals surface area contributed by atoms with Crippen LogP contribution in [-0.2, 0) is 4.74 Å². The summed E-state index contributed by atoms with van der Waals surface area (Å²) in [7, 11) is 1.64. The van der Waals surface area contributed by atoms with Crippen molar-refractivity contribution in [2.24, 2.45) is 5.41 Å². The molecule has 5 rings (SSSR count). The first-order chi connectivity index (χ1) is 19.5. The number of ether oxygens (including phenoxy) is 2. The number of methoxy groups -OCH3 is 1. The molecular formula is C34H47N3O4. The molecule has 2 heterocycles. The molecule has 1 atom stereocenters. The lowest BCUT2D eigenvalue weighted by Crippen LogP contribution is -2.60. The van der Waals surface area contributed by atoms with Crippen molar-refractivity contribution in [2.45, 2.75) is 83.9 Å². The van der Waals surface area contributed by atoms with Crippen molar-refractivity contribution in [1.82, 2.24) is 14.7 Å². The molecule has 7 nitrogen and oxygen atoms in total. The topological polar surface area (TPSA) is 62.3 Å². The van der Waals surface area contributed by atoms with Crippen molar-refractivity contribution >= 4 is 12.0 Å². The standard InChI is InChI=1S/C34H47N3O4/c1-24(2)28-9-7-8-10-29(28)30-23-36(31(38)25-11-13-27(40-6)14-12-25)19-20-37(30)26-21-34(22-26)15-17-35(18-16-34)32(39)41-33(3,4)5/h7-14,24,26,30H,15-23H2,1-6H3. The van der Waals surface area contributed by atoms with Crippen LogP contribution in [-0.4, -0.2) is 78.2 Å². The van der Waals surface area contributed by atoms with Gasteiger partial charge in [0.1, 0.15) is 11.4 Å². The Bertz CT molecular complexity index is 1220. The second kappa shape index (κ2) is 11.7. The van der Waals surface area contributed by atoms with Gasteiger partial charge in [0, 0.05) is 44.3 Å². The largest absolute Gasteiger partial charge is 0.497 e. The summed E-state index contributed by atoms with van der Waals surface area (Å²) in [4.78, 5) is 32.8. The number of carbonyl (C=O) groups is 2. The van der Waals surface area contributed by atoms with E-state index < -0.39 is 5.60 Å². The molecule has 2 aliphatic heterocycles. The smallest absolute Gasteiger partial charge is 0.410 e. The van der Waals surface area contributed by atoms with E-state index in [0.29, 0.717) is 29.5 Å². The molecule has 0 aromatic heterocycles. The van der Waals surface area contributed by atoms with Gasteiger partial charge in [0.2, 0.25) is 0 Å². The zero-order valence-corrected chi connectivity index (χ0v) is 25.7. The van der Waals surface area contributed by atoms with E-state index in [-0.39, 0.29) is 18.0 Å². The first-order valence-corrected chi connectivity index (χ1v) is 15.2. The summed E-state index contributed by atoms with van der Waals surface area (Å²) in [5.74, 6) is 1.25. The van der Waals surface area contributed by atoms with Crippen molar-refractivity contribution in [3.63, 3.8) is 0 Å². The van der Waals surface area contributed by atoms with Gasteiger partial charge in [-0.25, -0.2) is 4.79 Å². The number of benzene rings is 2. The Morgan fingerprint density at radius 2 is 1.56 bits per heavy atom. The number of carbonyl (C=O) groups excluding carboxylic acids is 2. The molecule has 3 fully saturated rings. The van der Waals surface area contributed by atoms with Gasteiger partial charge in [-0.05, 0) is 93.2 Å². The summed E-state index contributed by atoms with van der Waals surface area (Å²) >= 11 is 0. The van der Waals surface area contributed by atoms with E-state index >= 15 is 0 Å². The summed E-state index contributed by atoms with van der Waals surface area (Å²) in [5.41, 5.74) is 3.25. The van der Waals surface area contributed by atoms with E-state index in [2.05, 4.69) is 43.0 Å². The second-order valence-electron chi connectivity index (χ2n) is 13.5. The van der Waals surface area contributed by atoms with Crippen LogP contribution in [0.15, 0.2) is 48.5 Å². The van der Waals surface area contributed by atoms with E-state index in [4.69, 9.17) is 9.47 Å². The molecule has 1 spiro atoms. The van der Waals surface area contributed by atoms with Gasteiger partial charge in [-0.3, -0.25) is 9.69 Å². The van der Waals surface area contributed by atoms with Crippen molar-refractivity contribution in [1.29, 1.82) is 0 Å². The van der Waals surface area contributed by atoms with Crippen molar-refractivity contribution in [2.75, 3.05) is 39.8 Å². The summed E-state index contributed by atoms with van der Waals surface area (Å²) in [6.45, 7) is 14.1. The highest BCUT2D eigenvalue weighted by molar-refractivity contribution is 5.94. The highest BCUT2D eigenvalue weighted by Crippen LogP contribution is 2.53. The molecule has 41 heavy (non-hydrogen) atoms. The van der Waals surface area contributed by atoms with Crippen molar-refractivity contribution < 1.29 is 19.1 Å². The van der Waals surface area contributed by atoms with Gasteiger partial charge < -0.3 is 19.3 Å². The maximum atomic E-state index is 13.6. The molecule has 1 saturated carbocycles. The molecular weight excluding hydrogens is 514 g/mol. The minimum Gasteiger partial charge on any atom is -0.497 e. The Kier molecular flexibility index (Phi) is 8.38. The minimum absolute atomic E-state index is 0.0823. The van der Waals surface area contributed by atoms with Gasteiger partial charge >= 0.3 is 6.09 Å². The van der Waals surface area contributed by atoms with Crippen LogP contribution < -0.4 is 4.74 Å². The first kappa shape index (κ1) is 29.4. The third kappa shape index (κ3) is 6.40. The number of amides is 2. The van der Waals surface area contributed by atoms with Crippen LogP contribution >= 0.6 is 0 Å². The molecule has 2 amide bonds. The van der Waals surface area contributed by atoms with E-state index in [9.17, 15) is 9.59 Å². The molecule has 3 aliphatic rings. The number of piperazine rings is 1. The van der Waals surface area contributed by atoms with E-state index in [1.807, 2.05) is 54.8 Å². The van der Waals surface area contributed by atoms with Crippen LogP contribution in [0.2, 0.25) is 0 Å². The number of nitrogens with zero attached hydrogens (tertiary/aromatic N) is 3. The number of rotatable bonds is 5. The molecule has 1 unspecified atom stereocenters. The molecule has 0 bridgehead atoms. The van der Waals surface area contributed by atoms with Gasteiger partial charge in [-0.1, -0.05) is 38.1 Å². The molecule has 2 aromatic rings. The fraction of sp³-hybridized carbons (Fsp3) is 0.588. The van der Waals surface area contributed by atoms with Crippen LogP contribution in [0.1, 0.15) is 93.7 Å². The third-order valence-electron chi connectivity index (χ3n) is 9.31. The maximum Gasteiger partial charge on any atom is 0.410 e. The highest BCUT2D eigenvalue weighted by Gasteiger charge is 2.50. The normalized spacial score (nSPS) is 21.6. The fourth-order valence-electron chi connectivity index (χ4n) is 7.02. The van der Waals surface area contributed by atoms with Gasteiger partial charge in [-0.2, -0.15) is 0 Å². The lowest BCUT2D eigenvalue weighted by atomic mass is 9.59. The Morgan fingerprint density at radius 3 is 2.17 bits per heavy atom. The van der Waals surface area contributed by atoms with E-state index in [1.54, 1.807) is 7.11 Å². The first-order valence-electron chi connectivity index (χ1n) is 15.2. The zero-order chi connectivity index (χ0) is 29.4. The fourth-order valence-corrected chi connectivity index (χ4v) is 7.02. The molecule has 0 radical (unpaired) electrons. The average molecular weight is 562 g/mol. The maximum absolute atomic E-state index is 13.6. The molecule has 2 saturated heterocycles. The van der Waals surface area contributed by atoms with Crippen molar-refractivity contribution in [3.8, 4) is 5.75 Å². The van der Waals surface area contributed by atoms with Crippen LogP contribution in [0.3, 0.4) is 0 Å². The average Bonchev–Trinajstić information content (AvgIpc) is 2.94. The van der Waals surface area contributed by atoms with Crippen molar-refractivity contribution in [3.05, 3.63) is 65.2 Å². The number of likely N-dealkylation sites (tertiary alicyclic amines) is 1. The van der Waals surface area contributed by atoms with Gasteiger partial charge in [-0.15, -0.1) is 0 Å². The lowest BCUT2D eigenvalue weighted by Gasteiger charge is -2.58. The predicted molar refractivity (Wildman–Crippen MR) is 161 cm³/mol. The molecule has 2 aromatic carbocycles. The SMILES string of the molecule is COc1ccc(C(=O)N2CCN(C3CC4(CCN(C(=O)OC(C)(C)C)CC4)C3)C(c3ccccc3C(C)C)C2)cc1. The van der Waals surface area contributed by atoms with Gasteiger partial charge in [0.15, 0.2) is 0 Å². The summed E-state index contributed by atoms with van der Waals surface area (Å²) in [6, 6.07) is 16.9. The van der Waals surface area contributed by atoms with Crippen LogP contribution in [0.5, 0.6) is 5.75 Å². The summed E-state index contributed by atoms with van der Waals surface area (Å²) in [6.07, 6.45) is 4.19. The Balaban J connectivity index is 1.30. The van der Waals surface area contributed by atoms with E-state index in [0.717, 1.165) is 57.6 Å². The van der Waals surface area contributed by atoms with Crippen LogP contribution in [0.4, 0.5) is 4.79 Å². The lowest BCUT2D eigenvalue weighted by molar-refractivity contribution is -0.0745. The highest BCUT2D eigenvalue weighted by atomic mass is 16.6. The summed E-state index contributed by atoms with van der Waals surface area (Å²) in [5, 5.41) is 0. The number of piperidine rings is 1. The van der Waals surface area contributed by atoms with Crippen LogP contribution in [0.25, 0.3) is 0 Å². The molecule has 0 N–H and O–H groups in total. The van der Waals surface area contributed by atoms with Gasteiger partial charge in [0.05, 0.1) is 13.2 Å². The quantitative estimate of drug-likeness (QED) is 0.417. The Hall–Kier alpha value is -3.06. The second-order valence-corrected chi connectivity index (χ2v) is 13.5. The van der Waals surface area contributed by atoms with Crippen LogP contribution in [0, 0.1) is 5.41 Å². The summed E-state index contributed by atoms with van der Waals surface area (Å²) < 4.78 is 10.9. The van der Waals surface area contributed by atoms with E-state index in [1.165, 1.54) is 11.1 Å². The molecule has 7 heteroatoms. The zero-order valence-electron chi connectivity index (χ0n) is 25.7. The molecule has 222 valence electrons. The Labute approximate surface area is 245 Å².